The van der Waals surface area contributed by atoms with Crippen molar-refractivity contribution in [3.05, 3.63) is 30.5 Å². The van der Waals surface area contributed by atoms with E-state index in [0.717, 1.165) is 12.5 Å². The molecule has 0 unspecified atom stereocenters. The number of benzene rings is 1. The van der Waals surface area contributed by atoms with Crippen molar-refractivity contribution < 1.29 is 52.4 Å². The summed E-state index contributed by atoms with van der Waals surface area (Å²) in [5.41, 5.74) is 1.76. The summed E-state index contributed by atoms with van der Waals surface area (Å²) in [5, 5.41) is 19.9. The minimum Gasteiger partial charge on any atom is -0.456 e. The van der Waals surface area contributed by atoms with E-state index in [1.165, 1.54) is 25.9 Å². The number of aryl methyl sites for hydroxylation is 1. The van der Waals surface area contributed by atoms with E-state index < -0.39 is 81.1 Å². The summed E-state index contributed by atoms with van der Waals surface area (Å²) in [4.78, 5) is 59.6. The number of carbonyl (C=O) groups is 4. The van der Waals surface area contributed by atoms with E-state index in [1.54, 1.807) is 31.5 Å². The van der Waals surface area contributed by atoms with Crippen LogP contribution in [0.3, 0.4) is 0 Å². The average molecular weight is 943 g/mol. The van der Waals surface area contributed by atoms with Gasteiger partial charge in [0.15, 0.2) is 23.5 Å². The Morgan fingerprint density at radius 1 is 1.08 bits per heavy atom. The van der Waals surface area contributed by atoms with Gasteiger partial charge >= 0.3 is 12.1 Å². The van der Waals surface area contributed by atoms with Gasteiger partial charge in [0, 0.05) is 49.3 Å². The Balaban J connectivity index is 1.43. The monoisotopic (exact) mass is 942 g/mol. The van der Waals surface area contributed by atoms with Crippen LogP contribution >= 0.6 is 22.6 Å². The smallest absolute Gasteiger partial charge is 0.410 e. The van der Waals surface area contributed by atoms with Gasteiger partial charge in [-0.25, -0.2) is 14.0 Å². The Morgan fingerprint density at radius 2 is 1.76 bits per heavy atom. The molecule has 5 rings (SSSR count). The molecule has 16 nitrogen and oxygen atoms in total. The average Bonchev–Trinajstić information content (AvgIpc) is 3.76. The Morgan fingerprint density at radius 3 is 2.41 bits per heavy atom. The number of amides is 1. The third-order valence-electron chi connectivity index (χ3n) is 12.4. The van der Waals surface area contributed by atoms with Gasteiger partial charge in [-0.15, -0.1) is 5.10 Å². The van der Waals surface area contributed by atoms with Crippen LogP contribution in [0.2, 0.25) is 0 Å². The van der Waals surface area contributed by atoms with E-state index in [0.29, 0.717) is 37.2 Å². The van der Waals surface area contributed by atoms with E-state index in [2.05, 4.69) is 10.3 Å². The zero-order chi connectivity index (χ0) is 43.8. The minimum atomic E-state index is -3.19. The molecule has 2 aromatic rings. The molecule has 3 saturated heterocycles. The van der Waals surface area contributed by atoms with Crippen molar-refractivity contribution in [2.75, 3.05) is 33.5 Å². The van der Waals surface area contributed by atoms with Gasteiger partial charge in [-0.2, -0.15) is 0 Å². The van der Waals surface area contributed by atoms with Crippen molar-refractivity contribution >= 4 is 51.9 Å². The number of ether oxygens (including phenoxy) is 5. The van der Waals surface area contributed by atoms with Crippen LogP contribution in [0.5, 0.6) is 0 Å². The maximum atomic E-state index is 16.8. The van der Waals surface area contributed by atoms with Gasteiger partial charge < -0.3 is 39.4 Å². The van der Waals surface area contributed by atoms with E-state index in [-0.39, 0.29) is 30.9 Å². The highest BCUT2D eigenvalue weighted by molar-refractivity contribution is 14.1. The summed E-state index contributed by atoms with van der Waals surface area (Å²) < 4.78 is 47.8. The van der Waals surface area contributed by atoms with Crippen molar-refractivity contribution in [1.82, 2.24) is 24.8 Å². The second-order valence-electron chi connectivity index (χ2n) is 17.1. The van der Waals surface area contributed by atoms with Crippen LogP contribution in [0.25, 0.3) is 11.3 Å². The van der Waals surface area contributed by atoms with Crippen LogP contribution in [0.4, 0.5) is 14.9 Å². The minimum absolute atomic E-state index is 0.0176. The fourth-order valence-corrected chi connectivity index (χ4v) is 10.3. The lowest BCUT2D eigenvalue weighted by Crippen LogP contribution is -2.62. The number of anilines is 1. The topological polar surface area (TPSA) is 198 Å². The maximum Gasteiger partial charge on any atom is 0.410 e. The highest BCUT2D eigenvalue weighted by Crippen LogP contribution is 2.43. The second kappa shape index (κ2) is 18.4. The predicted octanol–water partition coefficient (Wildman–Crippen LogP) is 4.38. The molecular formula is C41H60FIN6O10. The molecule has 0 saturated carbocycles. The first kappa shape index (κ1) is 46.8. The van der Waals surface area contributed by atoms with E-state index >= 15 is 4.39 Å². The Labute approximate surface area is 359 Å². The largest absolute Gasteiger partial charge is 0.456 e. The number of carbonyl (C=O) groups excluding carboxylic acids is 4. The number of Topliss-reactive ketones (excluding diaryl/α,β-unsaturated/α-hetero) is 2. The number of alkyl halides is 2. The number of nitrogens with zero attached hydrogens (tertiary/aromatic N) is 5. The van der Waals surface area contributed by atoms with Crippen molar-refractivity contribution in [2.24, 2.45) is 11.8 Å². The highest BCUT2D eigenvalue weighted by Gasteiger charge is 2.61. The van der Waals surface area contributed by atoms with Gasteiger partial charge in [0.25, 0.3) is 5.67 Å². The molecule has 18 heteroatoms. The molecule has 59 heavy (non-hydrogen) atoms. The molecule has 1 amide bonds. The van der Waals surface area contributed by atoms with Crippen LogP contribution in [0.15, 0.2) is 30.5 Å². The normalized spacial score (nSPS) is 37.6. The fourth-order valence-electron chi connectivity index (χ4n) is 8.62. The van der Waals surface area contributed by atoms with E-state index in [9.17, 15) is 24.3 Å². The first-order chi connectivity index (χ1) is 27.5. The summed E-state index contributed by atoms with van der Waals surface area (Å²) in [6, 6.07) is 5.99. The van der Waals surface area contributed by atoms with Gasteiger partial charge in [0.1, 0.15) is 17.9 Å². The van der Waals surface area contributed by atoms with Gasteiger partial charge in [-0.05, 0) is 86.5 Å². The number of hydrogen-bond acceptors (Lipinski definition) is 14. The van der Waals surface area contributed by atoms with E-state index in [1.807, 2.05) is 72.9 Å². The van der Waals surface area contributed by atoms with Crippen molar-refractivity contribution in [1.29, 1.82) is 0 Å². The summed E-state index contributed by atoms with van der Waals surface area (Å²) in [7, 11) is 5.03. The molecule has 0 bridgehead atoms. The van der Waals surface area contributed by atoms with Crippen molar-refractivity contribution in [3.63, 3.8) is 0 Å². The third kappa shape index (κ3) is 9.61. The number of aliphatic hydroxyl groups excluding tert-OH is 1. The van der Waals surface area contributed by atoms with Crippen LogP contribution in [0.1, 0.15) is 74.1 Å². The molecule has 0 spiro atoms. The molecule has 0 aliphatic carbocycles. The molecule has 1 aromatic carbocycles. The molecule has 3 fully saturated rings. The summed E-state index contributed by atoms with van der Waals surface area (Å²) in [6.07, 6.45) is -2.75. The van der Waals surface area contributed by atoms with Crippen LogP contribution in [-0.4, -0.2) is 145 Å². The number of nitrogen functional groups attached to an aromatic ring is 1. The number of aromatic nitrogens is 3. The Hall–Kier alpha value is -3.30. The number of unbranched alkanes of at least 4 members (excludes halogenated alkanes) is 1. The molecular weight excluding hydrogens is 882 g/mol. The van der Waals surface area contributed by atoms with Gasteiger partial charge in [0.05, 0.1) is 34.0 Å². The van der Waals surface area contributed by atoms with E-state index in [4.69, 9.17) is 29.4 Å². The molecule has 13 atom stereocenters. The number of rotatable bonds is 10. The Kier molecular flexibility index (Phi) is 14.5. The maximum absolute atomic E-state index is 16.8. The van der Waals surface area contributed by atoms with Crippen LogP contribution in [-0.2, 0) is 44.6 Å². The third-order valence-corrected chi connectivity index (χ3v) is 13.7. The zero-order valence-corrected chi connectivity index (χ0v) is 37.8. The summed E-state index contributed by atoms with van der Waals surface area (Å²) >= 11 is 2.01. The van der Waals surface area contributed by atoms with Gasteiger partial charge in [-0.1, -0.05) is 53.8 Å². The molecule has 0 radical (unpaired) electrons. The summed E-state index contributed by atoms with van der Waals surface area (Å²) in [6.45, 7) is 11.1. The molecule has 3 N–H and O–H groups in total. The lowest BCUT2D eigenvalue weighted by Gasteiger charge is -2.47. The number of hydrogen-bond donors (Lipinski definition) is 2. The number of esters is 1. The fraction of sp³-hybridized carbons (Fsp3) is 0.707. The predicted molar refractivity (Wildman–Crippen MR) is 223 cm³/mol. The van der Waals surface area contributed by atoms with Crippen molar-refractivity contribution in [3.8, 4) is 11.3 Å². The second-order valence-corrected chi connectivity index (χ2v) is 18.5. The molecule has 4 heterocycles. The number of aliphatic hydroxyl groups is 1. The highest BCUT2D eigenvalue weighted by atomic mass is 127. The number of likely N-dealkylation sites (N-methyl/N-ethyl adjacent to an activating group) is 1. The number of nitrogens with two attached hydrogens (primary N) is 1. The van der Waals surface area contributed by atoms with Crippen LogP contribution < -0.4 is 5.73 Å². The van der Waals surface area contributed by atoms with Crippen molar-refractivity contribution in [2.45, 2.75) is 144 Å². The lowest BCUT2D eigenvalue weighted by molar-refractivity contribution is -0.295. The number of ketones is 2. The number of halogens is 2. The molecule has 328 valence electrons. The molecule has 1 aromatic heterocycles. The number of cyclic esters (lactones) is 1. The first-order valence-electron chi connectivity index (χ1n) is 20.1. The lowest BCUT2D eigenvalue weighted by atomic mass is 9.76. The summed E-state index contributed by atoms with van der Waals surface area (Å²) in [5.74, 6) is -5.04. The molecule has 3 aliphatic rings. The standard InChI is InChI=1S/C41H60FIN6O10/c1-22-20-39(5,55-10)35(58-36-32(51)29(47(8)9)18-23(2)56-36)24(3)34(52)40(6,42)37(53)57-25(4)41(7)33(30(43)31(22)50)49(38(54)59-41)17-12-11-16-48-21-28(45-46-48)26-14-13-15-27(44)19-26/h13-15,19,21-25,29-30,32-33,35-36,51H,11-12,16-18,20,44H2,1-10H3/t22-,23-,24+,25-,29+,30+,32-,33-,35-,36+,39+,40+,41-/m1/s1. The first-order valence-corrected chi connectivity index (χ1v) is 21.4. The zero-order valence-electron chi connectivity index (χ0n) is 35.6. The number of methoxy groups -OCH3 is 1. The molecule has 3 aliphatic heterocycles. The number of fused-ring (bicyclic) bond motifs is 1. The quantitative estimate of drug-likeness (QED) is 0.0850. The Bertz CT molecular complexity index is 1850. The van der Waals surface area contributed by atoms with Gasteiger partial charge in [-0.3, -0.25) is 19.2 Å². The van der Waals surface area contributed by atoms with Crippen LogP contribution in [0, 0.1) is 11.8 Å². The van der Waals surface area contributed by atoms with Gasteiger partial charge in [0.2, 0.25) is 0 Å². The SMILES string of the molecule is CO[C@@]1(C)C[C@@H](C)C(=O)[C@H](I)[C@H]2N(CCCCn3cc(-c4cccc(N)c4)nn3)C(=O)O[C@]2(C)[C@@H](C)OC(=O)[C@@](C)(F)C(=O)[C@H](C)[C@H]1O[C@@H]1O[C@H](C)C[C@H](N(C)C)[C@H]1O.